The van der Waals surface area contributed by atoms with E-state index in [0.717, 1.165) is 44.9 Å². The van der Waals surface area contributed by atoms with Crippen molar-refractivity contribution < 1.29 is 14.7 Å². The lowest BCUT2D eigenvalue weighted by molar-refractivity contribution is -0.173. The van der Waals surface area contributed by atoms with Crippen LogP contribution in [0.25, 0.3) is 0 Å². The molecule has 4 saturated carbocycles. The Morgan fingerprint density at radius 3 is 2.58 bits per heavy atom. The van der Waals surface area contributed by atoms with Gasteiger partial charge < -0.3 is 5.11 Å². The van der Waals surface area contributed by atoms with Gasteiger partial charge in [0.15, 0.2) is 0 Å². The first-order chi connectivity index (χ1) is 11.3. The van der Waals surface area contributed by atoms with Gasteiger partial charge in [0.2, 0.25) is 0 Å². The number of aliphatic hydroxyl groups is 1. The molecule has 0 saturated heterocycles. The molecule has 3 nitrogen and oxygen atoms in total. The Morgan fingerprint density at radius 1 is 1.12 bits per heavy atom. The van der Waals surface area contributed by atoms with Gasteiger partial charge in [-0.05, 0) is 80.0 Å². The van der Waals surface area contributed by atoms with E-state index in [1.165, 1.54) is 0 Å². The average molecular weight is 332 g/mol. The molecule has 8 atom stereocenters. The second-order valence-electron chi connectivity index (χ2n) is 9.84. The van der Waals surface area contributed by atoms with Crippen molar-refractivity contribution >= 4 is 11.6 Å². The molecular formula is C21H32O3. The number of ketones is 2. The van der Waals surface area contributed by atoms with E-state index >= 15 is 0 Å². The van der Waals surface area contributed by atoms with E-state index in [-0.39, 0.29) is 22.9 Å². The Balaban J connectivity index is 1.68. The summed E-state index contributed by atoms with van der Waals surface area (Å²) in [6.07, 6.45) is 7.27. The van der Waals surface area contributed by atoms with Gasteiger partial charge in [0.1, 0.15) is 11.6 Å². The largest absolute Gasteiger partial charge is 0.393 e. The van der Waals surface area contributed by atoms with Crippen LogP contribution in [-0.4, -0.2) is 22.8 Å². The van der Waals surface area contributed by atoms with Gasteiger partial charge in [-0.15, -0.1) is 0 Å². The van der Waals surface area contributed by atoms with Crippen LogP contribution in [-0.2, 0) is 9.59 Å². The van der Waals surface area contributed by atoms with Gasteiger partial charge in [-0.25, -0.2) is 0 Å². The maximum absolute atomic E-state index is 12.2. The van der Waals surface area contributed by atoms with Crippen LogP contribution in [0.3, 0.4) is 0 Å². The summed E-state index contributed by atoms with van der Waals surface area (Å²) in [5, 5.41) is 11.2. The smallest absolute Gasteiger partial charge is 0.133 e. The third-order valence-electron chi connectivity index (χ3n) is 8.90. The number of hydrogen-bond acceptors (Lipinski definition) is 3. The maximum atomic E-state index is 12.2. The molecule has 0 aromatic heterocycles. The highest BCUT2D eigenvalue weighted by molar-refractivity contribution is 5.80. The molecule has 4 aliphatic carbocycles. The first kappa shape index (κ1) is 16.8. The Bertz CT molecular complexity index is 569. The molecule has 4 fully saturated rings. The summed E-state index contributed by atoms with van der Waals surface area (Å²) in [5.74, 6) is 2.78. The molecule has 0 aliphatic heterocycles. The first-order valence-corrected chi connectivity index (χ1v) is 9.97. The van der Waals surface area contributed by atoms with E-state index in [9.17, 15) is 14.7 Å². The fourth-order valence-electron chi connectivity index (χ4n) is 7.84. The van der Waals surface area contributed by atoms with E-state index < -0.39 is 0 Å². The quantitative estimate of drug-likeness (QED) is 0.795. The minimum atomic E-state index is -0.308. The number of carbonyl (C=O) groups is 2. The van der Waals surface area contributed by atoms with E-state index in [2.05, 4.69) is 13.8 Å². The number of fused-ring (bicyclic) bond motifs is 5. The van der Waals surface area contributed by atoms with Crippen molar-refractivity contribution in [2.45, 2.75) is 78.2 Å². The lowest BCUT2D eigenvalue weighted by Crippen LogP contribution is -2.59. The van der Waals surface area contributed by atoms with Crippen LogP contribution in [0.5, 0.6) is 0 Å². The molecule has 4 aliphatic rings. The highest BCUT2D eigenvalue weighted by Crippen LogP contribution is 2.67. The molecule has 0 bridgehead atoms. The van der Waals surface area contributed by atoms with E-state index in [1.807, 2.05) is 0 Å². The molecule has 24 heavy (non-hydrogen) atoms. The zero-order valence-corrected chi connectivity index (χ0v) is 15.4. The zero-order chi connectivity index (χ0) is 17.3. The molecule has 0 spiro atoms. The fourth-order valence-corrected chi connectivity index (χ4v) is 7.84. The molecule has 1 N–H and O–H groups in total. The van der Waals surface area contributed by atoms with Crippen molar-refractivity contribution in [1.29, 1.82) is 0 Å². The number of hydrogen-bond donors (Lipinski definition) is 1. The number of carbonyl (C=O) groups excluding carboxylic acids is 2. The van der Waals surface area contributed by atoms with Crippen molar-refractivity contribution in [1.82, 2.24) is 0 Å². The summed E-state index contributed by atoms with van der Waals surface area (Å²) < 4.78 is 0. The molecule has 134 valence electrons. The van der Waals surface area contributed by atoms with Crippen molar-refractivity contribution in [2.24, 2.45) is 40.4 Å². The SMILES string of the molecule is CC(=O)[C@@H]1CC[C@@H]2[C@@H]3CC[C@H]4CC(=O)CC[C@]4(C)[C@H]3[C@@H](O)C[C@@]21C. The van der Waals surface area contributed by atoms with Gasteiger partial charge >= 0.3 is 0 Å². The van der Waals surface area contributed by atoms with Crippen LogP contribution in [0.4, 0.5) is 0 Å². The van der Waals surface area contributed by atoms with Gasteiger partial charge in [0.25, 0.3) is 0 Å². The average Bonchev–Trinajstić information content (AvgIpc) is 2.84. The number of rotatable bonds is 1. The van der Waals surface area contributed by atoms with Crippen LogP contribution in [0.15, 0.2) is 0 Å². The Kier molecular flexibility index (Phi) is 3.77. The standard InChI is InChI=1S/C21H32O3/c1-12(22)16-6-7-17-15-5-4-13-10-14(23)8-9-20(13,2)19(15)18(24)11-21(16,17)3/h13,15-19,24H,4-11H2,1-3H3/t13-,15-,16-,17+,18-,19+,20-,21+/m0/s1. The van der Waals surface area contributed by atoms with Gasteiger partial charge in [-0.3, -0.25) is 9.59 Å². The van der Waals surface area contributed by atoms with Gasteiger partial charge in [-0.1, -0.05) is 13.8 Å². The number of Topliss-reactive ketones (excluding diaryl/α,β-unsaturated/α-hetero) is 2. The summed E-state index contributed by atoms with van der Waals surface area (Å²) in [4.78, 5) is 24.1. The summed E-state index contributed by atoms with van der Waals surface area (Å²) in [6, 6.07) is 0. The predicted octanol–water partition coefficient (Wildman–Crippen LogP) is 3.77. The molecule has 0 radical (unpaired) electrons. The fraction of sp³-hybridized carbons (Fsp3) is 0.905. The lowest BCUT2D eigenvalue weighted by atomic mass is 9.44. The van der Waals surface area contributed by atoms with Gasteiger partial charge in [-0.2, -0.15) is 0 Å². The molecule has 3 heteroatoms. The van der Waals surface area contributed by atoms with E-state index in [1.54, 1.807) is 6.92 Å². The second kappa shape index (κ2) is 5.40. The molecular weight excluding hydrogens is 300 g/mol. The summed E-state index contributed by atoms with van der Waals surface area (Å²) >= 11 is 0. The lowest BCUT2D eigenvalue weighted by Gasteiger charge is -2.61. The highest BCUT2D eigenvalue weighted by atomic mass is 16.3. The van der Waals surface area contributed by atoms with Crippen molar-refractivity contribution in [2.75, 3.05) is 0 Å². The highest BCUT2D eigenvalue weighted by Gasteiger charge is 2.63. The molecule has 0 unspecified atom stereocenters. The normalized spacial score (nSPS) is 53.9. The zero-order valence-electron chi connectivity index (χ0n) is 15.4. The predicted molar refractivity (Wildman–Crippen MR) is 92.3 cm³/mol. The van der Waals surface area contributed by atoms with E-state index in [4.69, 9.17) is 0 Å². The summed E-state index contributed by atoms with van der Waals surface area (Å²) in [5.41, 5.74) is 0.103. The monoisotopic (exact) mass is 332 g/mol. The second-order valence-corrected chi connectivity index (χ2v) is 9.84. The van der Waals surface area contributed by atoms with Crippen LogP contribution < -0.4 is 0 Å². The van der Waals surface area contributed by atoms with Crippen LogP contribution in [0.1, 0.15) is 72.1 Å². The molecule has 0 aromatic carbocycles. The maximum Gasteiger partial charge on any atom is 0.133 e. The molecule has 0 aromatic rings. The minimum Gasteiger partial charge on any atom is -0.393 e. The molecule has 0 amide bonds. The Morgan fingerprint density at radius 2 is 1.88 bits per heavy atom. The third-order valence-corrected chi connectivity index (χ3v) is 8.90. The van der Waals surface area contributed by atoms with Crippen molar-refractivity contribution in [3.8, 4) is 0 Å². The van der Waals surface area contributed by atoms with Gasteiger partial charge in [0, 0.05) is 18.8 Å². The summed E-state index contributed by atoms with van der Waals surface area (Å²) in [6.45, 7) is 6.36. The Hall–Kier alpha value is -0.700. The van der Waals surface area contributed by atoms with E-state index in [0.29, 0.717) is 41.7 Å². The summed E-state index contributed by atoms with van der Waals surface area (Å²) in [7, 11) is 0. The minimum absolute atomic E-state index is 0.0138. The van der Waals surface area contributed by atoms with Crippen LogP contribution in [0.2, 0.25) is 0 Å². The third kappa shape index (κ3) is 2.12. The van der Waals surface area contributed by atoms with Crippen LogP contribution >= 0.6 is 0 Å². The topological polar surface area (TPSA) is 54.4 Å². The van der Waals surface area contributed by atoms with Crippen LogP contribution in [0, 0.1) is 40.4 Å². The molecule has 0 heterocycles. The number of aliphatic hydroxyl groups excluding tert-OH is 1. The molecule has 4 rings (SSSR count). The van der Waals surface area contributed by atoms with Gasteiger partial charge in [0.05, 0.1) is 6.10 Å². The first-order valence-electron chi connectivity index (χ1n) is 9.97. The van der Waals surface area contributed by atoms with Crippen molar-refractivity contribution in [3.05, 3.63) is 0 Å². The van der Waals surface area contributed by atoms with Crippen molar-refractivity contribution in [3.63, 3.8) is 0 Å². The Labute approximate surface area is 145 Å².